The van der Waals surface area contributed by atoms with Crippen molar-refractivity contribution in [3.8, 4) is 5.75 Å². The first-order valence-corrected chi connectivity index (χ1v) is 10.8. The van der Waals surface area contributed by atoms with Gasteiger partial charge in [0.05, 0.1) is 11.7 Å². The first-order chi connectivity index (χ1) is 14.0. The van der Waals surface area contributed by atoms with Gasteiger partial charge in [-0.15, -0.1) is 0 Å². The number of aliphatic hydroxyl groups is 1. The lowest BCUT2D eigenvalue weighted by Gasteiger charge is -2.50. The molecule has 2 fully saturated rings. The molecule has 29 heavy (non-hydrogen) atoms. The Kier molecular flexibility index (Phi) is 4.43. The highest BCUT2D eigenvalue weighted by atomic mass is 16.5. The Labute approximate surface area is 172 Å². The van der Waals surface area contributed by atoms with E-state index >= 15 is 0 Å². The number of nitrogens with two attached hydrogens (primary N) is 1. The van der Waals surface area contributed by atoms with Crippen molar-refractivity contribution in [3.05, 3.63) is 59.2 Å². The number of carbonyl (C=O) groups excluding carboxylic acids is 1. The lowest BCUT2D eigenvalue weighted by molar-refractivity contribution is -0.0226. The third kappa shape index (κ3) is 2.96. The van der Waals surface area contributed by atoms with Crippen LogP contribution in [0.2, 0.25) is 0 Å². The van der Waals surface area contributed by atoms with Crippen LogP contribution in [-0.2, 0) is 6.42 Å². The van der Waals surface area contributed by atoms with Crippen molar-refractivity contribution in [2.45, 2.75) is 57.5 Å². The molecule has 0 unspecified atom stereocenters. The maximum absolute atomic E-state index is 12.5. The number of benzene rings is 2. The molecule has 3 aliphatic rings. The number of hydrogen-bond donors (Lipinski definition) is 2. The summed E-state index contributed by atoms with van der Waals surface area (Å²) in [6.45, 7) is 2.30. The molecule has 0 spiro atoms. The van der Waals surface area contributed by atoms with Crippen molar-refractivity contribution in [2.24, 2.45) is 17.3 Å². The zero-order chi connectivity index (χ0) is 20.2. The average molecular weight is 392 g/mol. The van der Waals surface area contributed by atoms with Crippen LogP contribution in [0, 0.1) is 17.3 Å². The molecule has 0 radical (unpaired) electrons. The van der Waals surface area contributed by atoms with E-state index in [2.05, 4.69) is 13.0 Å². The number of carbonyl (C=O) groups is 1. The molecule has 3 N–H and O–H groups in total. The van der Waals surface area contributed by atoms with Gasteiger partial charge in [-0.25, -0.2) is 4.79 Å². The molecule has 0 aliphatic heterocycles. The van der Waals surface area contributed by atoms with Crippen molar-refractivity contribution >= 4 is 11.7 Å². The number of fused-ring (bicyclic) bond motifs is 5. The molecule has 0 aromatic heterocycles. The summed E-state index contributed by atoms with van der Waals surface area (Å²) >= 11 is 0. The van der Waals surface area contributed by atoms with Crippen LogP contribution in [0.3, 0.4) is 0 Å². The summed E-state index contributed by atoms with van der Waals surface area (Å²) < 4.78 is 5.63. The number of rotatable bonds is 2. The van der Waals surface area contributed by atoms with E-state index in [4.69, 9.17) is 10.5 Å². The third-order valence-electron chi connectivity index (χ3n) is 8.04. The third-order valence-corrected chi connectivity index (χ3v) is 8.04. The maximum atomic E-state index is 12.5. The van der Waals surface area contributed by atoms with Crippen molar-refractivity contribution in [1.82, 2.24) is 0 Å². The topological polar surface area (TPSA) is 72.5 Å². The minimum atomic E-state index is -0.412. The standard InChI is InChI=1S/C25H29NO3/c1-25-13-12-18-17-9-7-16(29-24(28)20-4-2-3-5-22(20)26)14-15(17)6-8-19(18)21(25)10-11-23(25)27/h2-5,7,9,14,18-19,21,23,27H,6,8,10-13,26H2,1H3/t18-,19-,21+,23-,25+/m1/s1. The van der Waals surface area contributed by atoms with Gasteiger partial charge in [-0.3, -0.25) is 0 Å². The fraction of sp³-hybridized carbons (Fsp3) is 0.480. The molecule has 152 valence electrons. The molecule has 0 amide bonds. The van der Waals surface area contributed by atoms with Gasteiger partial charge < -0.3 is 15.6 Å². The number of nitrogen functional groups attached to an aromatic ring is 1. The molecule has 0 heterocycles. The van der Waals surface area contributed by atoms with Crippen molar-refractivity contribution < 1.29 is 14.6 Å². The van der Waals surface area contributed by atoms with E-state index in [-0.39, 0.29) is 11.5 Å². The second-order valence-corrected chi connectivity index (χ2v) is 9.39. The van der Waals surface area contributed by atoms with Crippen LogP contribution in [-0.4, -0.2) is 17.2 Å². The summed E-state index contributed by atoms with van der Waals surface area (Å²) in [5.41, 5.74) is 9.56. The lowest BCUT2D eigenvalue weighted by atomic mass is 9.55. The molecule has 5 rings (SSSR count). The smallest absolute Gasteiger partial charge is 0.345 e. The Morgan fingerprint density at radius 1 is 1.14 bits per heavy atom. The van der Waals surface area contributed by atoms with Crippen LogP contribution in [0.5, 0.6) is 5.75 Å². The number of esters is 1. The van der Waals surface area contributed by atoms with Crippen molar-refractivity contribution in [3.63, 3.8) is 0 Å². The van der Waals surface area contributed by atoms with Crippen LogP contribution in [0.25, 0.3) is 0 Å². The van der Waals surface area contributed by atoms with Gasteiger partial charge in [-0.2, -0.15) is 0 Å². The predicted molar refractivity (Wildman–Crippen MR) is 113 cm³/mol. The highest BCUT2D eigenvalue weighted by Gasteiger charge is 2.54. The molecule has 0 saturated heterocycles. The molecule has 4 nitrogen and oxygen atoms in total. The van der Waals surface area contributed by atoms with Crippen LogP contribution >= 0.6 is 0 Å². The molecular weight excluding hydrogens is 362 g/mol. The van der Waals surface area contributed by atoms with E-state index in [0.717, 1.165) is 38.5 Å². The van der Waals surface area contributed by atoms with Gasteiger partial charge in [-0.1, -0.05) is 25.1 Å². The van der Waals surface area contributed by atoms with E-state index in [1.807, 2.05) is 12.1 Å². The van der Waals surface area contributed by atoms with Gasteiger partial charge >= 0.3 is 5.97 Å². The maximum Gasteiger partial charge on any atom is 0.345 e. The van der Waals surface area contributed by atoms with Gasteiger partial charge in [0.1, 0.15) is 5.75 Å². The van der Waals surface area contributed by atoms with Crippen LogP contribution < -0.4 is 10.5 Å². The zero-order valence-corrected chi connectivity index (χ0v) is 16.9. The Bertz CT molecular complexity index is 955. The molecule has 0 bridgehead atoms. The molecular formula is C25H29NO3. The molecule has 4 heteroatoms. The van der Waals surface area contributed by atoms with Crippen LogP contribution in [0.15, 0.2) is 42.5 Å². The van der Waals surface area contributed by atoms with Crippen molar-refractivity contribution in [2.75, 3.05) is 5.73 Å². The number of aliphatic hydroxyl groups excluding tert-OH is 1. The van der Waals surface area contributed by atoms with E-state index < -0.39 is 5.97 Å². The molecule has 3 aliphatic carbocycles. The minimum absolute atomic E-state index is 0.101. The van der Waals surface area contributed by atoms with E-state index in [0.29, 0.717) is 34.8 Å². The number of aryl methyl sites for hydroxylation is 1. The fourth-order valence-corrected chi connectivity index (χ4v) is 6.44. The monoisotopic (exact) mass is 391 g/mol. The Morgan fingerprint density at radius 3 is 2.79 bits per heavy atom. The van der Waals surface area contributed by atoms with E-state index in [1.165, 1.54) is 11.1 Å². The second-order valence-electron chi connectivity index (χ2n) is 9.39. The second kappa shape index (κ2) is 6.88. The number of para-hydroxylation sites is 1. The van der Waals surface area contributed by atoms with Gasteiger partial charge in [0.25, 0.3) is 0 Å². The van der Waals surface area contributed by atoms with E-state index in [9.17, 15) is 9.90 Å². The van der Waals surface area contributed by atoms with Crippen LogP contribution in [0.4, 0.5) is 5.69 Å². The number of anilines is 1. The minimum Gasteiger partial charge on any atom is -0.423 e. The lowest BCUT2D eigenvalue weighted by Crippen LogP contribution is -2.43. The normalized spacial score (nSPS) is 32.8. The Morgan fingerprint density at radius 2 is 1.97 bits per heavy atom. The summed E-state index contributed by atoms with van der Waals surface area (Å²) in [6, 6.07) is 13.1. The summed E-state index contributed by atoms with van der Waals surface area (Å²) in [7, 11) is 0. The largest absolute Gasteiger partial charge is 0.423 e. The van der Waals surface area contributed by atoms with Gasteiger partial charge in [-0.05, 0) is 97.1 Å². The molecule has 5 atom stereocenters. The summed E-state index contributed by atoms with van der Waals surface area (Å²) in [5, 5.41) is 10.5. The summed E-state index contributed by atoms with van der Waals surface area (Å²) in [4.78, 5) is 12.5. The van der Waals surface area contributed by atoms with Gasteiger partial charge in [0.15, 0.2) is 0 Å². The summed E-state index contributed by atoms with van der Waals surface area (Å²) in [5.74, 6) is 2.04. The highest BCUT2D eigenvalue weighted by Crippen LogP contribution is 2.60. The fourth-order valence-electron chi connectivity index (χ4n) is 6.44. The van der Waals surface area contributed by atoms with E-state index in [1.54, 1.807) is 24.3 Å². The van der Waals surface area contributed by atoms with Crippen molar-refractivity contribution in [1.29, 1.82) is 0 Å². The summed E-state index contributed by atoms with van der Waals surface area (Å²) in [6.07, 6.45) is 6.38. The van der Waals surface area contributed by atoms with Gasteiger partial charge in [0, 0.05) is 5.69 Å². The molecule has 2 aromatic rings. The van der Waals surface area contributed by atoms with Crippen LogP contribution in [0.1, 0.15) is 66.4 Å². The highest BCUT2D eigenvalue weighted by molar-refractivity contribution is 5.96. The first kappa shape index (κ1) is 18.7. The molecule has 2 saturated carbocycles. The first-order valence-electron chi connectivity index (χ1n) is 10.8. The average Bonchev–Trinajstić information content (AvgIpc) is 3.02. The SMILES string of the molecule is C[C@]12CC[C@@H]3c4ccc(OC(=O)c5ccccc5N)cc4CC[C@H]3[C@@H]1CC[C@H]2O. The predicted octanol–water partition coefficient (Wildman–Crippen LogP) is 4.71. The number of ether oxygens (including phenoxy) is 1. The van der Waals surface area contributed by atoms with Gasteiger partial charge in [0.2, 0.25) is 0 Å². The number of hydrogen-bond acceptors (Lipinski definition) is 4. The quantitative estimate of drug-likeness (QED) is 0.442. The zero-order valence-electron chi connectivity index (χ0n) is 16.9. The molecule has 2 aromatic carbocycles. The Balaban J connectivity index is 1.37. The Hall–Kier alpha value is -2.33.